The van der Waals surface area contributed by atoms with Crippen molar-refractivity contribution in [2.45, 2.75) is 52.7 Å². The predicted molar refractivity (Wildman–Crippen MR) is 103 cm³/mol. The van der Waals surface area contributed by atoms with Crippen molar-refractivity contribution >= 4 is 32.7 Å². The Labute approximate surface area is 161 Å². The third-order valence-corrected chi connectivity index (χ3v) is 5.51. The zero-order chi connectivity index (χ0) is 19.9. The molecule has 8 heteroatoms. The van der Waals surface area contributed by atoms with E-state index in [-0.39, 0.29) is 29.0 Å². The summed E-state index contributed by atoms with van der Waals surface area (Å²) in [6.07, 6.45) is -0.155. The standard InChI is InChI=1S/C19H25FN2O4S/c1-6-25-17(24)15(26-19(3,4)5)11-10(2)12(20)13-16(14(11)23)27-18(21-13)22-8-7-9-22/h15,23H,6-9H2,1-5H3. The van der Waals surface area contributed by atoms with Crippen molar-refractivity contribution in [2.75, 3.05) is 24.6 Å². The second-order valence-corrected chi connectivity index (χ2v) is 8.56. The highest BCUT2D eigenvalue weighted by molar-refractivity contribution is 7.22. The number of benzene rings is 1. The first-order chi connectivity index (χ1) is 12.6. The van der Waals surface area contributed by atoms with Gasteiger partial charge in [0.15, 0.2) is 17.1 Å². The number of phenolic OH excluding ortho intramolecular Hbond substituents is 1. The minimum atomic E-state index is -1.22. The van der Waals surface area contributed by atoms with E-state index >= 15 is 4.39 Å². The Morgan fingerprint density at radius 3 is 2.59 bits per heavy atom. The summed E-state index contributed by atoms with van der Waals surface area (Å²) in [5.74, 6) is -1.37. The van der Waals surface area contributed by atoms with Crippen LogP contribution in [0.5, 0.6) is 5.75 Å². The summed E-state index contributed by atoms with van der Waals surface area (Å²) in [5.41, 5.74) is -0.327. The van der Waals surface area contributed by atoms with Crippen molar-refractivity contribution in [3.05, 3.63) is 16.9 Å². The number of nitrogens with zero attached hydrogens (tertiary/aromatic N) is 2. The minimum absolute atomic E-state index is 0.104. The molecule has 0 spiro atoms. The van der Waals surface area contributed by atoms with Gasteiger partial charge < -0.3 is 19.5 Å². The maximum absolute atomic E-state index is 15.1. The first kappa shape index (κ1) is 19.8. The number of esters is 1. The smallest absolute Gasteiger partial charge is 0.340 e. The molecule has 6 nitrogen and oxygen atoms in total. The molecule has 1 fully saturated rings. The van der Waals surface area contributed by atoms with Gasteiger partial charge in [-0.3, -0.25) is 0 Å². The van der Waals surface area contributed by atoms with E-state index in [0.717, 1.165) is 19.5 Å². The van der Waals surface area contributed by atoms with Crippen molar-refractivity contribution in [1.29, 1.82) is 0 Å². The summed E-state index contributed by atoms with van der Waals surface area (Å²) in [5, 5.41) is 11.6. The van der Waals surface area contributed by atoms with Gasteiger partial charge >= 0.3 is 5.97 Å². The van der Waals surface area contributed by atoms with Crippen LogP contribution in [0.2, 0.25) is 0 Å². The quantitative estimate of drug-likeness (QED) is 0.768. The van der Waals surface area contributed by atoms with Crippen LogP contribution in [0.4, 0.5) is 9.52 Å². The molecule has 0 amide bonds. The Morgan fingerprint density at radius 1 is 1.41 bits per heavy atom. The first-order valence-electron chi connectivity index (χ1n) is 9.05. The van der Waals surface area contributed by atoms with E-state index in [1.54, 1.807) is 27.7 Å². The highest BCUT2D eigenvalue weighted by Gasteiger charge is 2.35. The summed E-state index contributed by atoms with van der Waals surface area (Å²) in [6.45, 7) is 10.5. The average molecular weight is 396 g/mol. The summed E-state index contributed by atoms with van der Waals surface area (Å²) in [6, 6.07) is 0. The Bertz CT molecular complexity index is 871. The number of hydrogen-bond acceptors (Lipinski definition) is 7. The maximum atomic E-state index is 15.1. The van der Waals surface area contributed by atoms with E-state index in [0.29, 0.717) is 9.83 Å². The van der Waals surface area contributed by atoms with Crippen molar-refractivity contribution in [3.63, 3.8) is 0 Å². The molecule has 1 atom stereocenters. The molecule has 1 unspecified atom stereocenters. The highest BCUT2D eigenvalue weighted by atomic mass is 32.1. The molecule has 1 saturated heterocycles. The number of phenols is 1. The number of aromatic hydroxyl groups is 1. The van der Waals surface area contributed by atoms with E-state index < -0.39 is 23.5 Å². The van der Waals surface area contributed by atoms with Gasteiger partial charge in [-0.15, -0.1) is 0 Å². The van der Waals surface area contributed by atoms with Crippen LogP contribution in [0.25, 0.3) is 10.2 Å². The monoisotopic (exact) mass is 396 g/mol. The number of fused-ring (bicyclic) bond motifs is 1. The van der Waals surface area contributed by atoms with Crippen LogP contribution in [0.15, 0.2) is 0 Å². The van der Waals surface area contributed by atoms with Gasteiger partial charge in [0.25, 0.3) is 0 Å². The molecular formula is C19H25FN2O4S. The Balaban J connectivity index is 2.16. The topological polar surface area (TPSA) is 71.9 Å². The Kier molecular flexibility index (Phi) is 5.31. The van der Waals surface area contributed by atoms with E-state index in [2.05, 4.69) is 4.98 Å². The van der Waals surface area contributed by atoms with Crippen LogP contribution in [0.3, 0.4) is 0 Å². The molecule has 1 aromatic heterocycles. The number of carbonyl (C=O) groups is 1. The summed E-state index contributed by atoms with van der Waals surface area (Å²) >= 11 is 1.22. The van der Waals surface area contributed by atoms with Crippen LogP contribution < -0.4 is 4.90 Å². The van der Waals surface area contributed by atoms with Gasteiger partial charge in [-0.2, -0.15) is 0 Å². The molecule has 0 aliphatic carbocycles. The van der Waals surface area contributed by atoms with E-state index in [9.17, 15) is 9.90 Å². The third-order valence-electron chi connectivity index (χ3n) is 4.39. The molecule has 1 aromatic carbocycles. The molecular weight excluding hydrogens is 371 g/mol. The summed E-state index contributed by atoms with van der Waals surface area (Å²) in [4.78, 5) is 18.9. The molecule has 1 aliphatic heterocycles. The zero-order valence-electron chi connectivity index (χ0n) is 16.3. The summed E-state index contributed by atoms with van der Waals surface area (Å²) < 4.78 is 26.4. The Hall–Kier alpha value is -1.93. The molecule has 27 heavy (non-hydrogen) atoms. The third kappa shape index (κ3) is 3.73. The molecule has 0 bridgehead atoms. The van der Waals surface area contributed by atoms with Crippen LogP contribution >= 0.6 is 11.3 Å². The minimum Gasteiger partial charge on any atom is -0.506 e. The molecule has 3 rings (SSSR count). The molecule has 2 heterocycles. The number of thiazole rings is 1. The van der Waals surface area contributed by atoms with E-state index in [1.165, 1.54) is 18.3 Å². The van der Waals surface area contributed by atoms with Crippen LogP contribution in [0.1, 0.15) is 51.3 Å². The van der Waals surface area contributed by atoms with Gasteiger partial charge in [0.05, 0.1) is 12.2 Å². The molecule has 1 aliphatic rings. The molecule has 2 aromatic rings. The maximum Gasteiger partial charge on any atom is 0.340 e. The average Bonchev–Trinajstić information content (AvgIpc) is 2.94. The number of anilines is 1. The fourth-order valence-electron chi connectivity index (χ4n) is 2.97. The zero-order valence-corrected chi connectivity index (χ0v) is 17.1. The van der Waals surface area contributed by atoms with Crippen molar-refractivity contribution in [1.82, 2.24) is 4.98 Å². The van der Waals surface area contributed by atoms with Gasteiger partial charge in [-0.1, -0.05) is 11.3 Å². The molecule has 1 N–H and O–H groups in total. The van der Waals surface area contributed by atoms with Crippen molar-refractivity contribution in [2.24, 2.45) is 0 Å². The number of hydrogen-bond donors (Lipinski definition) is 1. The lowest BCUT2D eigenvalue weighted by Crippen LogP contribution is -2.36. The predicted octanol–water partition coefficient (Wildman–Crippen LogP) is 4.08. The molecule has 0 saturated carbocycles. The Morgan fingerprint density at radius 2 is 2.07 bits per heavy atom. The lowest BCUT2D eigenvalue weighted by molar-refractivity contribution is -0.167. The normalized spacial score (nSPS) is 15.7. The fraction of sp³-hybridized carbons (Fsp3) is 0.579. The highest BCUT2D eigenvalue weighted by Crippen LogP contribution is 2.45. The molecule has 0 radical (unpaired) electrons. The van der Waals surface area contributed by atoms with Crippen LogP contribution in [0, 0.1) is 12.7 Å². The lowest BCUT2D eigenvalue weighted by Gasteiger charge is -2.30. The molecule has 148 valence electrons. The number of aromatic nitrogens is 1. The number of rotatable bonds is 5. The SMILES string of the molecule is CCOC(=O)C(OC(C)(C)C)c1c(C)c(F)c2nc(N3CCC3)sc2c1O. The van der Waals surface area contributed by atoms with Gasteiger partial charge in [0, 0.05) is 18.7 Å². The van der Waals surface area contributed by atoms with Gasteiger partial charge in [-0.05, 0) is 46.6 Å². The number of halogens is 1. The lowest BCUT2D eigenvalue weighted by atomic mass is 9.99. The summed E-state index contributed by atoms with van der Waals surface area (Å²) in [7, 11) is 0. The number of ether oxygens (including phenoxy) is 2. The van der Waals surface area contributed by atoms with Crippen LogP contribution in [-0.2, 0) is 14.3 Å². The second kappa shape index (κ2) is 7.24. The van der Waals surface area contributed by atoms with E-state index in [1.807, 2.05) is 4.90 Å². The van der Waals surface area contributed by atoms with Crippen molar-refractivity contribution in [3.8, 4) is 5.75 Å². The fourth-order valence-corrected chi connectivity index (χ4v) is 4.04. The van der Waals surface area contributed by atoms with E-state index in [4.69, 9.17) is 9.47 Å². The number of carbonyl (C=O) groups excluding carboxylic acids is 1. The first-order valence-corrected chi connectivity index (χ1v) is 9.86. The largest absolute Gasteiger partial charge is 0.506 e. The van der Waals surface area contributed by atoms with Crippen LogP contribution in [-0.4, -0.2) is 41.4 Å². The van der Waals surface area contributed by atoms with Gasteiger partial charge in [0.2, 0.25) is 0 Å². The second-order valence-electron chi connectivity index (χ2n) is 7.58. The van der Waals surface area contributed by atoms with Gasteiger partial charge in [-0.25, -0.2) is 14.2 Å². The van der Waals surface area contributed by atoms with Crippen molar-refractivity contribution < 1.29 is 23.8 Å². The van der Waals surface area contributed by atoms with Gasteiger partial charge in [0.1, 0.15) is 16.0 Å².